The average Bonchev–Trinajstić information content (AvgIpc) is 3.31. The lowest BCUT2D eigenvalue weighted by molar-refractivity contribution is -0.137. The zero-order valence-corrected chi connectivity index (χ0v) is 14.8. The van der Waals surface area contributed by atoms with Gasteiger partial charge in [0.05, 0.1) is 11.6 Å². The first-order chi connectivity index (χ1) is 12.8. The van der Waals surface area contributed by atoms with Crippen molar-refractivity contribution in [3.05, 3.63) is 63.9 Å². The maximum absolute atomic E-state index is 12.7. The molecule has 0 aliphatic carbocycles. The number of alkyl halides is 3. The third kappa shape index (κ3) is 4.85. The molecule has 1 N–H and O–H groups in total. The first-order valence-electron chi connectivity index (χ1n) is 7.79. The Morgan fingerprint density at radius 3 is 2.89 bits per heavy atom. The molecule has 3 aromatic rings. The Bertz CT molecular complexity index is 910. The summed E-state index contributed by atoms with van der Waals surface area (Å²) in [5, 5.41) is 8.94. The number of rotatable bonds is 6. The fraction of sp³-hybridized carbons (Fsp3) is 0.235. The van der Waals surface area contributed by atoms with Gasteiger partial charge < -0.3 is 14.6 Å². The van der Waals surface area contributed by atoms with Gasteiger partial charge in [-0.05, 0) is 25.1 Å². The van der Waals surface area contributed by atoms with Crippen LogP contribution in [-0.4, -0.2) is 16.0 Å². The Morgan fingerprint density at radius 2 is 2.19 bits per heavy atom. The first-order valence-corrected chi connectivity index (χ1v) is 8.67. The van der Waals surface area contributed by atoms with Crippen molar-refractivity contribution in [3.8, 4) is 5.75 Å². The number of hydrogen-bond acceptors (Lipinski definition) is 6. The number of benzene rings is 1. The van der Waals surface area contributed by atoms with Crippen LogP contribution in [0.2, 0.25) is 0 Å². The average molecular weight is 397 g/mol. The van der Waals surface area contributed by atoms with Crippen LogP contribution in [-0.2, 0) is 12.8 Å². The van der Waals surface area contributed by atoms with E-state index in [1.54, 1.807) is 18.5 Å². The van der Waals surface area contributed by atoms with Gasteiger partial charge in [0, 0.05) is 17.6 Å². The van der Waals surface area contributed by atoms with E-state index in [1.165, 1.54) is 29.5 Å². The van der Waals surface area contributed by atoms with Gasteiger partial charge in [0.1, 0.15) is 17.4 Å². The summed E-state index contributed by atoms with van der Waals surface area (Å²) in [5.41, 5.74) is -0.769. The number of amides is 1. The van der Waals surface area contributed by atoms with Gasteiger partial charge in [-0.3, -0.25) is 4.79 Å². The van der Waals surface area contributed by atoms with Gasteiger partial charge >= 0.3 is 6.18 Å². The Kier molecular flexibility index (Phi) is 5.45. The molecule has 0 radical (unpaired) electrons. The zero-order valence-electron chi connectivity index (χ0n) is 14.0. The van der Waals surface area contributed by atoms with E-state index in [9.17, 15) is 18.0 Å². The van der Waals surface area contributed by atoms with Crippen molar-refractivity contribution in [2.45, 2.75) is 25.7 Å². The van der Waals surface area contributed by atoms with Crippen molar-refractivity contribution < 1.29 is 27.2 Å². The van der Waals surface area contributed by atoms with E-state index in [0.29, 0.717) is 0 Å². The highest BCUT2D eigenvalue weighted by Gasteiger charge is 2.30. The maximum atomic E-state index is 12.7. The van der Waals surface area contributed by atoms with Gasteiger partial charge in [0.2, 0.25) is 0 Å². The van der Waals surface area contributed by atoms with Gasteiger partial charge in [-0.15, -0.1) is 11.3 Å². The molecule has 0 fully saturated rings. The van der Waals surface area contributed by atoms with Gasteiger partial charge in [-0.25, -0.2) is 4.98 Å². The number of carbonyl (C=O) groups excluding carboxylic acids is 1. The standard InChI is InChI=1S/C17H14F3N3O3S/c1-10(16-21-5-6-27-16)22-15(24)14-8-13(26-23-14)9-25-12-4-2-3-11(7-12)17(18,19)20/h2-8,10H,9H2,1H3,(H,22,24)/t10-/m1/s1. The number of nitrogens with zero attached hydrogens (tertiary/aromatic N) is 2. The summed E-state index contributed by atoms with van der Waals surface area (Å²) in [4.78, 5) is 16.3. The second kappa shape index (κ2) is 7.78. The third-order valence-electron chi connectivity index (χ3n) is 3.50. The van der Waals surface area contributed by atoms with Crippen molar-refractivity contribution in [2.24, 2.45) is 0 Å². The monoisotopic (exact) mass is 397 g/mol. The van der Waals surface area contributed by atoms with Gasteiger partial charge in [0.15, 0.2) is 11.5 Å². The summed E-state index contributed by atoms with van der Waals surface area (Å²) in [7, 11) is 0. The van der Waals surface area contributed by atoms with Crippen LogP contribution in [0, 0.1) is 0 Å². The van der Waals surface area contributed by atoms with E-state index in [1.807, 2.05) is 0 Å². The maximum Gasteiger partial charge on any atom is 0.416 e. The molecule has 0 aliphatic rings. The van der Waals surface area contributed by atoms with E-state index in [2.05, 4.69) is 15.5 Å². The molecule has 27 heavy (non-hydrogen) atoms. The summed E-state index contributed by atoms with van der Waals surface area (Å²) in [6.07, 6.45) is -2.81. The zero-order chi connectivity index (χ0) is 19.4. The lowest BCUT2D eigenvalue weighted by atomic mass is 10.2. The van der Waals surface area contributed by atoms with Crippen LogP contribution in [0.1, 0.15) is 39.8 Å². The SMILES string of the molecule is C[C@@H](NC(=O)c1cc(COc2cccc(C(F)(F)F)c2)on1)c1nccs1. The molecule has 3 rings (SSSR count). The van der Waals surface area contributed by atoms with Crippen LogP contribution in [0.5, 0.6) is 5.75 Å². The first kappa shape index (κ1) is 18.9. The molecule has 2 aromatic heterocycles. The molecule has 0 unspecified atom stereocenters. The largest absolute Gasteiger partial charge is 0.486 e. The minimum atomic E-state index is -4.45. The predicted octanol–water partition coefficient (Wildman–Crippen LogP) is 4.22. The fourth-order valence-corrected chi connectivity index (χ4v) is 2.83. The summed E-state index contributed by atoms with van der Waals surface area (Å²) >= 11 is 1.41. The molecule has 0 bridgehead atoms. The summed E-state index contributed by atoms with van der Waals surface area (Å²) in [6.45, 7) is 1.62. The Balaban J connectivity index is 1.59. The molecular formula is C17H14F3N3O3S. The number of halogens is 3. The van der Waals surface area contributed by atoms with Crippen molar-refractivity contribution in [3.63, 3.8) is 0 Å². The smallest absolute Gasteiger partial charge is 0.416 e. The van der Waals surface area contributed by atoms with E-state index >= 15 is 0 Å². The van der Waals surface area contributed by atoms with Gasteiger partial charge in [-0.2, -0.15) is 13.2 Å². The molecule has 0 aliphatic heterocycles. The number of hydrogen-bond donors (Lipinski definition) is 1. The molecule has 0 spiro atoms. The number of ether oxygens (including phenoxy) is 1. The lowest BCUT2D eigenvalue weighted by Gasteiger charge is -2.09. The number of carbonyl (C=O) groups is 1. The van der Waals surface area contributed by atoms with E-state index in [0.717, 1.165) is 17.1 Å². The van der Waals surface area contributed by atoms with Crippen LogP contribution in [0.3, 0.4) is 0 Å². The van der Waals surface area contributed by atoms with Gasteiger partial charge in [0.25, 0.3) is 5.91 Å². The topological polar surface area (TPSA) is 77.2 Å². The highest BCUT2D eigenvalue weighted by atomic mass is 32.1. The molecule has 1 aromatic carbocycles. The minimum absolute atomic E-state index is 0.0321. The molecule has 2 heterocycles. The summed E-state index contributed by atoms with van der Waals surface area (Å²) in [5.74, 6) is -0.212. The van der Waals surface area contributed by atoms with Crippen LogP contribution in [0.4, 0.5) is 13.2 Å². The predicted molar refractivity (Wildman–Crippen MR) is 90.3 cm³/mol. The van der Waals surface area contributed by atoms with Crippen LogP contribution in [0.15, 0.2) is 46.4 Å². The van der Waals surface area contributed by atoms with Crippen LogP contribution < -0.4 is 10.1 Å². The van der Waals surface area contributed by atoms with E-state index in [-0.39, 0.29) is 29.9 Å². The second-order valence-electron chi connectivity index (χ2n) is 5.56. The summed E-state index contributed by atoms with van der Waals surface area (Å²) < 4.78 is 48.4. The molecule has 0 saturated carbocycles. The lowest BCUT2D eigenvalue weighted by Crippen LogP contribution is -2.26. The second-order valence-corrected chi connectivity index (χ2v) is 6.48. The number of aromatic nitrogens is 2. The van der Waals surface area contributed by atoms with Gasteiger partial charge in [-0.1, -0.05) is 11.2 Å². The van der Waals surface area contributed by atoms with Crippen molar-refractivity contribution in [1.82, 2.24) is 15.5 Å². The molecular weight excluding hydrogens is 383 g/mol. The van der Waals surface area contributed by atoms with Crippen LogP contribution >= 0.6 is 11.3 Å². The fourth-order valence-electron chi connectivity index (χ4n) is 2.19. The molecule has 1 amide bonds. The molecule has 142 valence electrons. The highest BCUT2D eigenvalue weighted by molar-refractivity contribution is 7.09. The Labute approximate surface area is 156 Å². The summed E-state index contributed by atoms with van der Waals surface area (Å²) in [6, 6.07) is 5.57. The molecule has 0 saturated heterocycles. The molecule has 1 atom stereocenters. The van der Waals surface area contributed by atoms with Crippen LogP contribution in [0.25, 0.3) is 0 Å². The highest BCUT2D eigenvalue weighted by Crippen LogP contribution is 2.31. The number of nitrogens with one attached hydrogen (secondary N) is 1. The molecule has 6 nitrogen and oxygen atoms in total. The quantitative estimate of drug-likeness (QED) is 0.674. The van der Waals surface area contributed by atoms with Crippen molar-refractivity contribution in [1.29, 1.82) is 0 Å². The minimum Gasteiger partial charge on any atom is -0.486 e. The van der Waals surface area contributed by atoms with Crippen molar-refractivity contribution in [2.75, 3.05) is 0 Å². The number of thiazole rings is 1. The van der Waals surface area contributed by atoms with E-state index in [4.69, 9.17) is 9.26 Å². The Hall–Kier alpha value is -2.88. The molecule has 10 heteroatoms. The Morgan fingerprint density at radius 1 is 1.37 bits per heavy atom. The normalized spacial score (nSPS) is 12.6. The van der Waals surface area contributed by atoms with E-state index < -0.39 is 17.6 Å². The third-order valence-corrected chi connectivity index (χ3v) is 4.46. The van der Waals surface area contributed by atoms with Crippen molar-refractivity contribution >= 4 is 17.2 Å².